The molecule has 32 heavy (non-hydrogen) atoms. The number of hydrogen-bond donors (Lipinski definition) is 0. The Morgan fingerprint density at radius 1 is 1.06 bits per heavy atom. The number of rotatable bonds is 5. The molecule has 1 unspecified atom stereocenters. The predicted molar refractivity (Wildman–Crippen MR) is 119 cm³/mol. The number of alkyl halides is 3. The fourth-order valence-electron chi connectivity index (χ4n) is 4.34. The molecule has 1 aliphatic heterocycles. The van der Waals surface area contributed by atoms with Crippen LogP contribution in [0.4, 0.5) is 18.9 Å². The molecule has 0 aliphatic carbocycles. The smallest absolute Gasteiger partial charge is 0.370 e. The monoisotopic (exact) mass is 462 g/mol. The van der Waals surface area contributed by atoms with E-state index in [2.05, 4.69) is 16.0 Å². The molecule has 0 bridgehead atoms. The van der Waals surface area contributed by atoms with Crippen molar-refractivity contribution in [1.82, 2.24) is 4.98 Å². The number of hydrogen-bond acceptors (Lipinski definition) is 4. The lowest BCUT2D eigenvalue weighted by atomic mass is 9.92. The number of benzene rings is 2. The Labute approximate surface area is 186 Å². The molecule has 4 rings (SSSR count). The Hall–Kier alpha value is -2.61. The van der Waals surface area contributed by atoms with Gasteiger partial charge in [-0.1, -0.05) is 24.3 Å². The van der Waals surface area contributed by atoms with Gasteiger partial charge in [0.15, 0.2) is 9.84 Å². The lowest BCUT2D eigenvalue weighted by Gasteiger charge is -2.34. The second kappa shape index (κ2) is 8.73. The van der Waals surface area contributed by atoms with Gasteiger partial charge in [0, 0.05) is 18.5 Å². The first-order valence-corrected chi connectivity index (χ1v) is 12.2. The minimum Gasteiger partial charge on any atom is -0.370 e. The highest BCUT2D eigenvalue weighted by Crippen LogP contribution is 2.33. The zero-order chi connectivity index (χ0) is 22.9. The van der Waals surface area contributed by atoms with E-state index in [9.17, 15) is 21.6 Å². The Morgan fingerprint density at radius 3 is 2.50 bits per heavy atom. The van der Waals surface area contributed by atoms with E-state index in [0.29, 0.717) is 6.42 Å². The first kappa shape index (κ1) is 22.6. The Morgan fingerprint density at radius 2 is 1.78 bits per heavy atom. The maximum atomic E-state index is 13.0. The molecule has 170 valence electrons. The standard InChI is InChI=1S/C24H25F3N2O2S/c1-17(32(30,31)22-7-4-6-20(15-22)24(25,26)27)13-18-9-11-29(12-10-18)21-14-19-5-2-3-8-23(19)28-16-21/h2-8,14-18H,9-13H2,1H3. The quantitative estimate of drug-likeness (QED) is 0.486. The van der Waals surface area contributed by atoms with Crippen molar-refractivity contribution in [2.24, 2.45) is 5.92 Å². The number of aromatic nitrogens is 1. The second-order valence-corrected chi connectivity index (χ2v) is 10.8. The molecule has 4 nitrogen and oxygen atoms in total. The molecular formula is C24H25F3N2O2S. The minimum atomic E-state index is -4.57. The third-order valence-corrected chi connectivity index (χ3v) is 8.40. The molecule has 3 aromatic rings. The van der Waals surface area contributed by atoms with Gasteiger partial charge in [0.05, 0.1) is 33.1 Å². The van der Waals surface area contributed by atoms with Crippen LogP contribution in [0.3, 0.4) is 0 Å². The lowest BCUT2D eigenvalue weighted by molar-refractivity contribution is -0.137. The molecule has 2 aromatic carbocycles. The van der Waals surface area contributed by atoms with E-state index < -0.39 is 26.8 Å². The highest BCUT2D eigenvalue weighted by atomic mass is 32.2. The van der Waals surface area contributed by atoms with Crippen molar-refractivity contribution in [2.45, 2.75) is 42.5 Å². The maximum Gasteiger partial charge on any atom is 0.416 e. The average molecular weight is 463 g/mol. The van der Waals surface area contributed by atoms with Crippen LogP contribution in [0.1, 0.15) is 31.7 Å². The molecule has 0 N–H and O–H groups in total. The molecule has 1 fully saturated rings. The zero-order valence-corrected chi connectivity index (χ0v) is 18.5. The van der Waals surface area contributed by atoms with Crippen LogP contribution in [-0.4, -0.2) is 31.7 Å². The molecule has 1 aliphatic rings. The predicted octanol–water partition coefficient (Wildman–Crippen LogP) is 5.72. The van der Waals surface area contributed by atoms with E-state index in [1.54, 1.807) is 6.92 Å². The van der Waals surface area contributed by atoms with Gasteiger partial charge in [0.25, 0.3) is 0 Å². The summed E-state index contributed by atoms with van der Waals surface area (Å²) >= 11 is 0. The van der Waals surface area contributed by atoms with E-state index >= 15 is 0 Å². The highest BCUT2D eigenvalue weighted by molar-refractivity contribution is 7.92. The van der Waals surface area contributed by atoms with Crippen molar-refractivity contribution in [1.29, 1.82) is 0 Å². The molecule has 1 atom stereocenters. The van der Waals surface area contributed by atoms with Gasteiger partial charge < -0.3 is 4.90 Å². The molecule has 2 heterocycles. The maximum absolute atomic E-state index is 13.0. The lowest BCUT2D eigenvalue weighted by Crippen LogP contribution is -2.35. The van der Waals surface area contributed by atoms with Crippen LogP contribution in [-0.2, 0) is 16.0 Å². The number of fused-ring (bicyclic) bond motifs is 1. The summed E-state index contributed by atoms with van der Waals surface area (Å²) in [5.74, 6) is 0.204. The van der Waals surface area contributed by atoms with E-state index in [4.69, 9.17) is 0 Å². The number of sulfone groups is 1. The summed E-state index contributed by atoms with van der Waals surface area (Å²) < 4.78 is 64.8. The summed E-state index contributed by atoms with van der Waals surface area (Å²) in [5, 5.41) is 0.331. The fraction of sp³-hybridized carbons (Fsp3) is 0.375. The molecule has 1 saturated heterocycles. The first-order chi connectivity index (χ1) is 15.1. The molecular weight excluding hydrogens is 437 g/mol. The van der Waals surface area contributed by atoms with Crippen LogP contribution in [0.2, 0.25) is 0 Å². The largest absolute Gasteiger partial charge is 0.416 e. The first-order valence-electron chi connectivity index (χ1n) is 10.7. The molecule has 1 aromatic heterocycles. The Kier molecular flexibility index (Phi) is 6.16. The van der Waals surface area contributed by atoms with Crippen molar-refractivity contribution in [3.05, 3.63) is 66.4 Å². The Bertz CT molecular complexity index is 1200. The summed E-state index contributed by atoms with van der Waals surface area (Å²) in [6.07, 6.45) is -0.616. The van der Waals surface area contributed by atoms with Gasteiger partial charge in [0.2, 0.25) is 0 Å². The van der Waals surface area contributed by atoms with Crippen molar-refractivity contribution >= 4 is 26.4 Å². The van der Waals surface area contributed by atoms with Gasteiger partial charge in [-0.2, -0.15) is 13.2 Å². The third kappa shape index (κ3) is 4.75. The molecule has 0 saturated carbocycles. The van der Waals surface area contributed by atoms with E-state index in [0.717, 1.165) is 60.7 Å². The van der Waals surface area contributed by atoms with Gasteiger partial charge in [-0.05, 0) is 62.4 Å². The number of halogens is 3. The highest BCUT2D eigenvalue weighted by Gasteiger charge is 2.33. The van der Waals surface area contributed by atoms with Crippen LogP contribution in [0.15, 0.2) is 65.7 Å². The summed E-state index contributed by atoms with van der Waals surface area (Å²) in [4.78, 5) is 6.50. The SMILES string of the molecule is CC(CC1CCN(c2cnc3ccccc3c2)CC1)S(=O)(=O)c1cccc(C(F)(F)F)c1. The van der Waals surface area contributed by atoms with E-state index in [1.165, 1.54) is 6.07 Å². The normalized spacial score (nSPS) is 16.9. The summed E-state index contributed by atoms with van der Waals surface area (Å²) in [6.45, 7) is 3.18. The van der Waals surface area contributed by atoms with Crippen LogP contribution in [0, 0.1) is 5.92 Å². The number of para-hydroxylation sites is 1. The van der Waals surface area contributed by atoms with Crippen LogP contribution >= 0.6 is 0 Å². The molecule has 0 amide bonds. The van der Waals surface area contributed by atoms with Crippen LogP contribution in [0.25, 0.3) is 10.9 Å². The van der Waals surface area contributed by atoms with Crippen LogP contribution < -0.4 is 4.90 Å². The summed E-state index contributed by atoms with van der Waals surface area (Å²) in [6, 6.07) is 14.1. The summed E-state index contributed by atoms with van der Waals surface area (Å²) in [7, 11) is -3.83. The van der Waals surface area contributed by atoms with Gasteiger partial charge in [-0.25, -0.2) is 8.42 Å². The minimum absolute atomic E-state index is 0.204. The van der Waals surface area contributed by atoms with E-state index in [-0.39, 0.29) is 10.8 Å². The number of piperidine rings is 1. The third-order valence-electron chi connectivity index (χ3n) is 6.24. The number of pyridine rings is 1. The van der Waals surface area contributed by atoms with Gasteiger partial charge in [-0.15, -0.1) is 0 Å². The van der Waals surface area contributed by atoms with Crippen molar-refractivity contribution in [3.8, 4) is 0 Å². The second-order valence-electron chi connectivity index (χ2n) is 8.43. The van der Waals surface area contributed by atoms with Crippen molar-refractivity contribution < 1.29 is 21.6 Å². The average Bonchev–Trinajstić information content (AvgIpc) is 2.78. The Balaban J connectivity index is 1.40. The number of anilines is 1. The molecule has 0 radical (unpaired) electrons. The topological polar surface area (TPSA) is 50.3 Å². The van der Waals surface area contributed by atoms with Gasteiger partial charge in [0.1, 0.15) is 0 Å². The zero-order valence-electron chi connectivity index (χ0n) is 17.7. The van der Waals surface area contributed by atoms with Crippen molar-refractivity contribution in [3.63, 3.8) is 0 Å². The van der Waals surface area contributed by atoms with Crippen molar-refractivity contribution in [2.75, 3.05) is 18.0 Å². The van der Waals surface area contributed by atoms with Crippen LogP contribution in [0.5, 0.6) is 0 Å². The van der Waals surface area contributed by atoms with Gasteiger partial charge in [-0.3, -0.25) is 4.98 Å². The van der Waals surface area contributed by atoms with E-state index in [1.807, 2.05) is 30.5 Å². The summed E-state index contributed by atoms with van der Waals surface area (Å²) in [5.41, 5.74) is 1.05. The van der Waals surface area contributed by atoms with Gasteiger partial charge >= 0.3 is 6.18 Å². The molecule has 0 spiro atoms. The fourth-order valence-corrected chi connectivity index (χ4v) is 5.89. The molecule has 8 heteroatoms. The number of nitrogens with zero attached hydrogens (tertiary/aromatic N) is 2.